The summed E-state index contributed by atoms with van der Waals surface area (Å²) in [4.78, 5) is 10.9. The van der Waals surface area contributed by atoms with Crippen LogP contribution in [0.5, 0.6) is 0 Å². The third kappa shape index (κ3) is 2.98. The fourth-order valence-electron chi connectivity index (χ4n) is 4.34. The average Bonchev–Trinajstić information content (AvgIpc) is 3.23. The lowest BCUT2D eigenvalue weighted by atomic mass is 9.84. The van der Waals surface area contributed by atoms with E-state index >= 15 is 0 Å². The first-order valence-corrected chi connectivity index (χ1v) is 10.2. The van der Waals surface area contributed by atoms with Crippen LogP contribution in [0.25, 0.3) is 17.0 Å². The molecular formula is C23H19N3O3S. The molecule has 0 saturated carbocycles. The molecule has 0 spiro atoms. The maximum absolute atomic E-state index is 11.3. The van der Waals surface area contributed by atoms with Crippen molar-refractivity contribution in [3.05, 3.63) is 92.7 Å². The normalized spacial score (nSPS) is 17.6. The second kappa shape index (κ2) is 7.11. The molecule has 0 amide bonds. The van der Waals surface area contributed by atoms with E-state index in [9.17, 15) is 10.1 Å². The minimum atomic E-state index is -0.369. The Bertz CT molecular complexity index is 1230. The summed E-state index contributed by atoms with van der Waals surface area (Å²) in [7, 11) is 0. The van der Waals surface area contributed by atoms with Crippen LogP contribution in [0.1, 0.15) is 34.9 Å². The summed E-state index contributed by atoms with van der Waals surface area (Å²) in [6.07, 6.45) is 1.85. The Labute approximate surface area is 178 Å². The van der Waals surface area contributed by atoms with Crippen LogP contribution >= 0.6 is 12.2 Å². The standard InChI is InChI=1S/C23H19N3O3S/c1-13-15(7-4-8-18(13)26(27)28)19-11-12-20(29-19)22-17-10-9-14-5-2-3-6-16(14)21(17)24-23(30)25-22/h2-8,11-12,22H,9-10H2,1H3,(H2,24,25,30). The van der Waals surface area contributed by atoms with Gasteiger partial charge in [-0.05, 0) is 55.3 Å². The van der Waals surface area contributed by atoms with E-state index in [4.69, 9.17) is 16.6 Å². The van der Waals surface area contributed by atoms with Gasteiger partial charge in [0.2, 0.25) is 0 Å². The van der Waals surface area contributed by atoms with Crippen LogP contribution in [-0.2, 0) is 6.42 Å². The number of fused-ring (bicyclic) bond motifs is 2. The smallest absolute Gasteiger partial charge is 0.273 e. The van der Waals surface area contributed by atoms with Crippen LogP contribution in [-0.4, -0.2) is 10.0 Å². The molecule has 1 unspecified atom stereocenters. The number of rotatable bonds is 3. The summed E-state index contributed by atoms with van der Waals surface area (Å²) >= 11 is 5.47. The predicted octanol–water partition coefficient (Wildman–Crippen LogP) is 5.04. The average molecular weight is 417 g/mol. The summed E-state index contributed by atoms with van der Waals surface area (Å²) in [5, 5.41) is 18.5. The summed E-state index contributed by atoms with van der Waals surface area (Å²) < 4.78 is 6.20. The Hall–Kier alpha value is -3.45. The molecule has 7 heteroatoms. The first-order chi connectivity index (χ1) is 14.5. The molecule has 2 heterocycles. The predicted molar refractivity (Wildman–Crippen MR) is 119 cm³/mol. The monoisotopic (exact) mass is 417 g/mol. The number of nitrogens with zero attached hydrogens (tertiary/aromatic N) is 1. The highest BCUT2D eigenvalue weighted by molar-refractivity contribution is 7.80. The molecule has 1 aliphatic heterocycles. The molecule has 2 aromatic carbocycles. The van der Waals surface area contributed by atoms with Gasteiger partial charge in [-0.15, -0.1) is 0 Å². The molecule has 1 atom stereocenters. The van der Waals surface area contributed by atoms with Gasteiger partial charge >= 0.3 is 0 Å². The fourth-order valence-corrected chi connectivity index (χ4v) is 4.56. The number of nitro groups is 1. The lowest BCUT2D eigenvalue weighted by molar-refractivity contribution is -0.385. The van der Waals surface area contributed by atoms with Gasteiger partial charge in [0.25, 0.3) is 5.69 Å². The van der Waals surface area contributed by atoms with E-state index < -0.39 is 0 Å². The van der Waals surface area contributed by atoms with Crippen molar-refractivity contribution in [2.45, 2.75) is 25.8 Å². The van der Waals surface area contributed by atoms with E-state index in [0.717, 1.165) is 29.9 Å². The van der Waals surface area contributed by atoms with Crippen LogP contribution in [0, 0.1) is 17.0 Å². The number of furan rings is 1. The van der Waals surface area contributed by atoms with Crippen molar-refractivity contribution in [2.75, 3.05) is 0 Å². The molecule has 2 N–H and O–H groups in total. The molecule has 0 bridgehead atoms. The van der Waals surface area contributed by atoms with Crippen molar-refractivity contribution in [2.24, 2.45) is 0 Å². The van der Waals surface area contributed by atoms with Crippen LogP contribution in [0.15, 0.2) is 64.6 Å². The Morgan fingerprint density at radius 1 is 1.07 bits per heavy atom. The number of benzene rings is 2. The largest absolute Gasteiger partial charge is 0.459 e. The Balaban J connectivity index is 1.56. The first-order valence-electron chi connectivity index (χ1n) is 9.76. The van der Waals surface area contributed by atoms with Gasteiger partial charge in [-0.25, -0.2) is 0 Å². The number of hydrogen-bond donors (Lipinski definition) is 2. The summed E-state index contributed by atoms with van der Waals surface area (Å²) in [5.74, 6) is 1.35. The molecule has 0 fully saturated rings. The molecule has 30 heavy (non-hydrogen) atoms. The van der Waals surface area contributed by atoms with Gasteiger partial charge in [0.1, 0.15) is 17.6 Å². The van der Waals surface area contributed by atoms with E-state index in [1.165, 1.54) is 22.8 Å². The summed E-state index contributed by atoms with van der Waals surface area (Å²) in [6.45, 7) is 1.74. The van der Waals surface area contributed by atoms with Gasteiger partial charge < -0.3 is 15.1 Å². The molecule has 0 radical (unpaired) electrons. The second-order valence-corrected chi connectivity index (χ2v) is 7.91. The van der Waals surface area contributed by atoms with E-state index in [0.29, 0.717) is 16.4 Å². The van der Waals surface area contributed by atoms with E-state index in [2.05, 4.69) is 28.8 Å². The zero-order valence-electron chi connectivity index (χ0n) is 16.3. The molecule has 1 aliphatic carbocycles. The van der Waals surface area contributed by atoms with Gasteiger partial charge in [0.05, 0.1) is 4.92 Å². The highest BCUT2D eigenvalue weighted by Crippen LogP contribution is 2.40. The number of nitro benzene ring substituents is 1. The van der Waals surface area contributed by atoms with Crippen molar-refractivity contribution in [1.29, 1.82) is 0 Å². The lowest BCUT2D eigenvalue weighted by Gasteiger charge is -2.34. The highest BCUT2D eigenvalue weighted by Gasteiger charge is 2.32. The SMILES string of the molecule is Cc1c(-c2ccc(C3NC(=S)NC4=C3CCc3ccccc34)o2)cccc1[N+](=O)[O-]. The molecule has 5 rings (SSSR count). The molecule has 6 nitrogen and oxygen atoms in total. The number of hydrogen-bond acceptors (Lipinski definition) is 4. The van der Waals surface area contributed by atoms with E-state index in [1.54, 1.807) is 13.0 Å². The zero-order chi connectivity index (χ0) is 20.8. The van der Waals surface area contributed by atoms with Gasteiger partial charge in [0, 0.05) is 28.5 Å². The van der Waals surface area contributed by atoms with Gasteiger partial charge in [-0.3, -0.25) is 10.1 Å². The molecule has 3 aromatic rings. The van der Waals surface area contributed by atoms with Crippen molar-refractivity contribution in [3.8, 4) is 11.3 Å². The first kappa shape index (κ1) is 18.6. The third-order valence-corrected chi connectivity index (χ3v) is 6.03. The zero-order valence-corrected chi connectivity index (χ0v) is 17.1. The second-order valence-electron chi connectivity index (χ2n) is 7.50. The van der Waals surface area contributed by atoms with Crippen molar-refractivity contribution in [1.82, 2.24) is 10.6 Å². The Kier molecular flexibility index (Phi) is 4.40. The maximum atomic E-state index is 11.3. The van der Waals surface area contributed by atoms with Gasteiger partial charge in [0.15, 0.2) is 5.11 Å². The highest BCUT2D eigenvalue weighted by atomic mass is 32.1. The number of nitrogens with one attached hydrogen (secondary N) is 2. The molecular weight excluding hydrogens is 398 g/mol. The molecule has 1 aromatic heterocycles. The fraction of sp³-hybridized carbons (Fsp3) is 0.174. The van der Waals surface area contributed by atoms with Crippen molar-refractivity contribution >= 4 is 28.7 Å². The summed E-state index contributed by atoms with van der Waals surface area (Å²) in [6, 6.07) is 17.0. The van der Waals surface area contributed by atoms with Gasteiger partial charge in [-0.1, -0.05) is 36.4 Å². The van der Waals surface area contributed by atoms with Crippen LogP contribution in [0.2, 0.25) is 0 Å². The van der Waals surface area contributed by atoms with E-state index in [1.807, 2.05) is 24.3 Å². The Morgan fingerprint density at radius 2 is 1.87 bits per heavy atom. The minimum Gasteiger partial charge on any atom is -0.459 e. The number of thiocarbonyl (C=S) groups is 1. The number of aryl methyl sites for hydroxylation is 1. The Morgan fingerprint density at radius 3 is 2.70 bits per heavy atom. The van der Waals surface area contributed by atoms with Crippen molar-refractivity contribution in [3.63, 3.8) is 0 Å². The maximum Gasteiger partial charge on any atom is 0.273 e. The lowest BCUT2D eigenvalue weighted by Crippen LogP contribution is -2.44. The molecule has 150 valence electrons. The van der Waals surface area contributed by atoms with Crippen LogP contribution in [0.4, 0.5) is 5.69 Å². The van der Waals surface area contributed by atoms with E-state index in [-0.39, 0.29) is 16.7 Å². The topological polar surface area (TPSA) is 80.3 Å². The minimum absolute atomic E-state index is 0.0838. The van der Waals surface area contributed by atoms with Crippen LogP contribution in [0.3, 0.4) is 0 Å². The quantitative estimate of drug-likeness (QED) is 0.353. The third-order valence-electron chi connectivity index (χ3n) is 5.81. The summed E-state index contributed by atoms with van der Waals surface area (Å²) in [5.41, 5.74) is 6.13. The molecule has 0 saturated heterocycles. The van der Waals surface area contributed by atoms with Gasteiger partial charge in [-0.2, -0.15) is 0 Å². The van der Waals surface area contributed by atoms with Crippen molar-refractivity contribution < 1.29 is 9.34 Å². The molecule has 2 aliphatic rings. The van der Waals surface area contributed by atoms with Crippen LogP contribution < -0.4 is 10.6 Å².